The van der Waals surface area contributed by atoms with Crippen molar-refractivity contribution in [3.63, 3.8) is 0 Å². The van der Waals surface area contributed by atoms with E-state index in [0.717, 1.165) is 15.5 Å². The SMILES string of the molecule is CC[C@](C)(NC(=O)c1ccc2ccccc2c1OCc1nc2cc(F)ccc2s1)C(=O)O. The minimum atomic E-state index is -1.41. The first kappa shape index (κ1) is 21.7. The van der Waals surface area contributed by atoms with Crippen molar-refractivity contribution in [1.82, 2.24) is 10.3 Å². The zero-order valence-electron chi connectivity index (χ0n) is 17.5. The zero-order chi connectivity index (χ0) is 22.9. The Morgan fingerprint density at radius 3 is 2.72 bits per heavy atom. The molecule has 1 aromatic heterocycles. The highest BCUT2D eigenvalue weighted by Gasteiger charge is 2.34. The number of hydrogen-bond donors (Lipinski definition) is 2. The lowest BCUT2D eigenvalue weighted by atomic mass is 9.97. The number of thiazole rings is 1. The average molecular weight is 453 g/mol. The Bertz CT molecular complexity index is 1340. The van der Waals surface area contributed by atoms with E-state index in [1.165, 1.54) is 30.4 Å². The Morgan fingerprint density at radius 1 is 1.19 bits per heavy atom. The molecule has 32 heavy (non-hydrogen) atoms. The third-order valence-corrected chi connectivity index (χ3v) is 6.44. The van der Waals surface area contributed by atoms with E-state index in [1.54, 1.807) is 25.1 Å². The van der Waals surface area contributed by atoms with Crippen LogP contribution in [0, 0.1) is 5.82 Å². The quantitative estimate of drug-likeness (QED) is 0.405. The molecule has 0 unspecified atom stereocenters. The molecule has 0 spiro atoms. The van der Waals surface area contributed by atoms with E-state index in [1.807, 2.05) is 24.3 Å². The van der Waals surface area contributed by atoms with Crippen LogP contribution in [-0.2, 0) is 11.4 Å². The Morgan fingerprint density at radius 2 is 1.97 bits per heavy atom. The number of carbonyl (C=O) groups is 2. The number of carbonyl (C=O) groups excluding carboxylic acids is 1. The number of carboxylic acid groups (broad SMARTS) is 1. The van der Waals surface area contributed by atoms with Crippen molar-refractivity contribution < 1.29 is 23.8 Å². The van der Waals surface area contributed by atoms with E-state index < -0.39 is 17.4 Å². The van der Waals surface area contributed by atoms with Crippen molar-refractivity contribution in [2.75, 3.05) is 0 Å². The largest absolute Gasteiger partial charge is 0.485 e. The smallest absolute Gasteiger partial charge is 0.329 e. The van der Waals surface area contributed by atoms with Gasteiger partial charge in [0.1, 0.15) is 28.7 Å². The first-order valence-electron chi connectivity index (χ1n) is 10.1. The number of rotatable bonds is 7. The van der Waals surface area contributed by atoms with Crippen molar-refractivity contribution in [1.29, 1.82) is 0 Å². The van der Waals surface area contributed by atoms with E-state index in [-0.39, 0.29) is 24.4 Å². The van der Waals surface area contributed by atoms with Gasteiger partial charge in [-0.15, -0.1) is 11.3 Å². The second-order valence-corrected chi connectivity index (χ2v) is 8.73. The van der Waals surface area contributed by atoms with Crippen LogP contribution in [0.25, 0.3) is 21.0 Å². The van der Waals surface area contributed by atoms with Crippen molar-refractivity contribution in [3.05, 3.63) is 71.0 Å². The van der Waals surface area contributed by atoms with Gasteiger partial charge in [0.05, 0.1) is 15.8 Å². The molecule has 0 aliphatic carbocycles. The number of nitrogens with zero attached hydrogens (tertiary/aromatic N) is 1. The maximum atomic E-state index is 13.5. The highest BCUT2D eigenvalue weighted by Crippen LogP contribution is 2.32. The zero-order valence-corrected chi connectivity index (χ0v) is 18.3. The normalized spacial score (nSPS) is 13.1. The molecule has 0 saturated carbocycles. The Labute approximate surface area is 187 Å². The lowest BCUT2D eigenvalue weighted by molar-refractivity contribution is -0.143. The molecule has 3 aromatic carbocycles. The van der Waals surface area contributed by atoms with Gasteiger partial charge in [0.25, 0.3) is 5.91 Å². The standard InChI is InChI=1S/C24H21FN2O4S/c1-3-24(2,23(29)30)27-22(28)17-10-8-14-6-4-5-7-16(14)21(17)31-13-20-26-18-12-15(25)9-11-19(18)32-20/h4-12H,3,13H2,1-2H3,(H,27,28)(H,29,30)/t24-/m0/s1. The summed E-state index contributed by atoms with van der Waals surface area (Å²) in [4.78, 5) is 29.1. The summed E-state index contributed by atoms with van der Waals surface area (Å²) in [5, 5.41) is 14.4. The minimum Gasteiger partial charge on any atom is -0.485 e. The predicted molar refractivity (Wildman–Crippen MR) is 122 cm³/mol. The van der Waals surface area contributed by atoms with E-state index in [4.69, 9.17) is 4.74 Å². The van der Waals surface area contributed by atoms with Crippen molar-refractivity contribution in [2.24, 2.45) is 0 Å². The van der Waals surface area contributed by atoms with Crippen LogP contribution in [0.5, 0.6) is 5.75 Å². The second kappa shape index (κ2) is 8.55. The molecule has 0 saturated heterocycles. The molecule has 0 radical (unpaired) electrons. The van der Waals surface area contributed by atoms with Crippen LogP contribution in [0.4, 0.5) is 4.39 Å². The summed E-state index contributed by atoms with van der Waals surface area (Å²) >= 11 is 1.38. The third-order valence-electron chi connectivity index (χ3n) is 5.43. The highest BCUT2D eigenvalue weighted by molar-refractivity contribution is 7.18. The molecule has 1 atom stereocenters. The lowest BCUT2D eigenvalue weighted by Gasteiger charge is -2.25. The molecule has 1 heterocycles. The molecule has 4 rings (SSSR count). The van der Waals surface area contributed by atoms with Gasteiger partial charge in [-0.3, -0.25) is 4.79 Å². The number of benzene rings is 3. The number of aliphatic carboxylic acids is 1. The van der Waals surface area contributed by atoms with Gasteiger partial charge in [-0.1, -0.05) is 37.3 Å². The molecule has 164 valence electrons. The van der Waals surface area contributed by atoms with Crippen LogP contribution < -0.4 is 10.1 Å². The second-order valence-electron chi connectivity index (χ2n) is 7.62. The van der Waals surface area contributed by atoms with Crippen molar-refractivity contribution in [2.45, 2.75) is 32.4 Å². The van der Waals surface area contributed by atoms with E-state index in [9.17, 15) is 19.1 Å². The molecule has 0 fully saturated rings. The van der Waals surface area contributed by atoms with E-state index >= 15 is 0 Å². The van der Waals surface area contributed by atoms with Crippen LogP contribution >= 0.6 is 11.3 Å². The molecule has 0 aliphatic rings. The number of carboxylic acids is 1. The first-order chi connectivity index (χ1) is 15.3. The molecule has 8 heteroatoms. The number of ether oxygens (including phenoxy) is 1. The fourth-order valence-electron chi connectivity index (χ4n) is 3.33. The van der Waals surface area contributed by atoms with Crippen LogP contribution in [0.3, 0.4) is 0 Å². The Kier molecular flexibility index (Phi) is 5.80. The fourth-order valence-corrected chi connectivity index (χ4v) is 4.19. The summed E-state index contributed by atoms with van der Waals surface area (Å²) in [7, 11) is 0. The predicted octanol–water partition coefficient (Wildman–Crippen LogP) is 5.15. The van der Waals surface area contributed by atoms with Gasteiger partial charge in [0.2, 0.25) is 0 Å². The summed E-state index contributed by atoms with van der Waals surface area (Å²) in [6, 6.07) is 15.3. The van der Waals surface area contributed by atoms with E-state index in [2.05, 4.69) is 10.3 Å². The number of fused-ring (bicyclic) bond motifs is 2. The van der Waals surface area contributed by atoms with Gasteiger partial charge >= 0.3 is 5.97 Å². The van der Waals surface area contributed by atoms with Crippen molar-refractivity contribution in [3.8, 4) is 5.75 Å². The first-order valence-corrected chi connectivity index (χ1v) is 10.9. The number of amides is 1. The fraction of sp³-hybridized carbons (Fsp3) is 0.208. The van der Waals surface area contributed by atoms with Crippen LogP contribution in [0.1, 0.15) is 35.6 Å². The summed E-state index contributed by atoms with van der Waals surface area (Å²) in [5.74, 6) is -1.67. The topological polar surface area (TPSA) is 88.5 Å². The van der Waals surface area contributed by atoms with Crippen molar-refractivity contribution >= 4 is 44.2 Å². The van der Waals surface area contributed by atoms with Crippen LogP contribution in [0.2, 0.25) is 0 Å². The van der Waals surface area contributed by atoms with Gasteiger partial charge in [-0.2, -0.15) is 0 Å². The number of aromatic nitrogens is 1. The molecule has 2 N–H and O–H groups in total. The van der Waals surface area contributed by atoms with E-state index in [0.29, 0.717) is 16.3 Å². The number of hydrogen-bond acceptors (Lipinski definition) is 5. The molecule has 1 amide bonds. The van der Waals surface area contributed by atoms with Gasteiger partial charge in [-0.05, 0) is 36.9 Å². The summed E-state index contributed by atoms with van der Waals surface area (Å²) in [5.41, 5.74) is -0.627. The maximum absolute atomic E-state index is 13.5. The lowest BCUT2D eigenvalue weighted by Crippen LogP contribution is -2.51. The highest BCUT2D eigenvalue weighted by atomic mass is 32.1. The summed E-state index contributed by atoms with van der Waals surface area (Å²) in [6.07, 6.45) is 0.222. The monoisotopic (exact) mass is 452 g/mol. The third kappa shape index (κ3) is 4.13. The molecular formula is C24H21FN2O4S. The summed E-state index contributed by atoms with van der Waals surface area (Å²) < 4.78 is 20.4. The maximum Gasteiger partial charge on any atom is 0.329 e. The molecule has 0 bridgehead atoms. The van der Waals surface area contributed by atoms with Gasteiger partial charge < -0.3 is 15.2 Å². The number of nitrogens with one attached hydrogen (secondary N) is 1. The molecule has 6 nitrogen and oxygen atoms in total. The number of halogens is 1. The Hall–Kier alpha value is -3.52. The van der Waals surface area contributed by atoms with Gasteiger partial charge in [0, 0.05) is 11.5 Å². The Balaban J connectivity index is 1.69. The van der Waals surface area contributed by atoms with Crippen LogP contribution in [0.15, 0.2) is 54.6 Å². The molecular weight excluding hydrogens is 431 g/mol. The van der Waals surface area contributed by atoms with Gasteiger partial charge in [0.15, 0.2) is 0 Å². The minimum absolute atomic E-state index is 0.0826. The average Bonchev–Trinajstić information content (AvgIpc) is 3.18. The summed E-state index contributed by atoms with van der Waals surface area (Å²) in [6.45, 7) is 3.25. The molecule has 0 aliphatic heterocycles. The molecule has 4 aromatic rings. The van der Waals surface area contributed by atoms with Crippen LogP contribution in [-0.4, -0.2) is 27.5 Å². The van der Waals surface area contributed by atoms with Gasteiger partial charge in [-0.25, -0.2) is 14.2 Å².